The van der Waals surface area contributed by atoms with Crippen LogP contribution >= 0.6 is 0 Å². The minimum atomic E-state index is -3.19. The summed E-state index contributed by atoms with van der Waals surface area (Å²) in [4.78, 5) is 2.33. The summed E-state index contributed by atoms with van der Waals surface area (Å²) >= 11 is 0. The first-order chi connectivity index (χ1) is 14.4. The van der Waals surface area contributed by atoms with Crippen molar-refractivity contribution in [2.45, 2.75) is 31.1 Å². The van der Waals surface area contributed by atoms with Crippen molar-refractivity contribution in [3.8, 4) is 5.69 Å². The van der Waals surface area contributed by atoms with Gasteiger partial charge in [0.25, 0.3) is 0 Å². The third-order valence-corrected chi connectivity index (χ3v) is 6.27. The molecule has 1 fully saturated rings. The number of hydrogen-bond donors (Lipinski definition) is 0. The van der Waals surface area contributed by atoms with E-state index in [1.54, 1.807) is 4.68 Å². The lowest BCUT2D eigenvalue weighted by atomic mass is 9.88. The predicted octanol–water partition coefficient (Wildman–Crippen LogP) is 3.33. The number of para-hydroxylation sites is 1. The minimum Gasteiger partial charge on any atom is -0.297 e. The van der Waals surface area contributed by atoms with E-state index in [-0.39, 0.29) is 17.5 Å². The molecule has 1 aliphatic rings. The van der Waals surface area contributed by atoms with Crippen LogP contribution < -0.4 is 0 Å². The van der Waals surface area contributed by atoms with Gasteiger partial charge in [-0.2, -0.15) is 0 Å². The Morgan fingerprint density at radius 2 is 1.83 bits per heavy atom. The van der Waals surface area contributed by atoms with Gasteiger partial charge in [-0.1, -0.05) is 29.5 Å². The van der Waals surface area contributed by atoms with Crippen LogP contribution in [0.4, 0.5) is 4.39 Å². The van der Waals surface area contributed by atoms with Crippen molar-refractivity contribution < 1.29 is 12.8 Å². The number of sulfone groups is 1. The van der Waals surface area contributed by atoms with E-state index in [1.165, 1.54) is 18.4 Å². The molecule has 0 amide bonds. The summed E-state index contributed by atoms with van der Waals surface area (Å²) in [5.41, 5.74) is 3.31. The Bertz CT molecular complexity index is 1110. The van der Waals surface area contributed by atoms with Gasteiger partial charge in [-0.25, -0.2) is 17.5 Å². The fourth-order valence-corrected chi connectivity index (χ4v) is 4.80. The van der Waals surface area contributed by atoms with E-state index in [9.17, 15) is 12.8 Å². The average molecular weight is 429 g/mol. The number of piperidine rings is 1. The summed E-state index contributed by atoms with van der Waals surface area (Å²) in [7, 11) is -3.19. The molecule has 6 nitrogen and oxygen atoms in total. The van der Waals surface area contributed by atoms with Crippen LogP contribution in [0.15, 0.2) is 54.7 Å². The summed E-state index contributed by atoms with van der Waals surface area (Å²) in [6.45, 7) is 2.48. The van der Waals surface area contributed by atoms with Crippen molar-refractivity contribution in [3.63, 3.8) is 0 Å². The molecule has 1 aromatic heterocycles. The summed E-state index contributed by atoms with van der Waals surface area (Å²) in [5.74, 6) is -0.269. The number of nitrogens with zero attached hydrogens (tertiary/aromatic N) is 4. The topological polar surface area (TPSA) is 68.1 Å². The standard InChI is InChI=1S/C22H25FN4O2S/c1-30(28,29)16-17-11-19(13-20(23)12-17)18-7-9-26(10-8-18)14-21-15-27(25-24-21)22-5-3-2-4-6-22/h2-6,11-13,15,18H,7-10,14,16H2,1H3. The van der Waals surface area contributed by atoms with Crippen LogP contribution in [0.2, 0.25) is 0 Å². The van der Waals surface area contributed by atoms with Crippen molar-refractivity contribution in [1.29, 1.82) is 0 Å². The second kappa shape index (κ2) is 8.65. The van der Waals surface area contributed by atoms with Crippen LogP contribution in [0.3, 0.4) is 0 Å². The van der Waals surface area contributed by atoms with E-state index in [2.05, 4.69) is 15.2 Å². The molecule has 4 rings (SSSR count). The first-order valence-corrected chi connectivity index (χ1v) is 12.1. The molecule has 30 heavy (non-hydrogen) atoms. The van der Waals surface area contributed by atoms with E-state index in [0.717, 1.165) is 49.4 Å². The smallest absolute Gasteiger partial charge is 0.151 e. The first kappa shape index (κ1) is 20.7. The lowest BCUT2D eigenvalue weighted by Crippen LogP contribution is -2.32. The number of rotatable bonds is 6. The quantitative estimate of drug-likeness (QED) is 0.602. The fourth-order valence-electron chi connectivity index (χ4n) is 4.03. The Balaban J connectivity index is 1.37. The summed E-state index contributed by atoms with van der Waals surface area (Å²) < 4.78 is 39.0. The maximum atomic E-state index is 14.0. The molecule has 158 valence electrons. The Morgan fingerprint density at radius 3 is 2.53 bits per heavy atom. The molecular weight excluding hydrogens is 403 g/mol. The maximum Gasteiger partial charge on any atom is 0.151 e. The van der Waals surface area contributed by atoms with Gasteiger partial charge in [-0.3, -0.25) is 4.90 Å². The third-order valence-electron chi connectivity index (χ3n) is 5.41. The SMILES string of the molecule is CS(=O)(=O)Cc1cc(F)cc(C2CCN(Cc3cn(-c4ccccc4)nn3)CC2)c1. The Morgan fingerprint density at radius 1 is 1.10 bits per heavy atom. The van der Waals surface area contributed by atoms with E-state index in [1.807, 2.05) is 42.6 Å². The van der Waals surface area contributed by atoms with Crippen molar-refractivity contribution in [1.82, 2.24) is 19.9 Å². The van der Waals surface area contributed by atoms with Crippen molar-refractivity contribution in [3.05, 3.63) is 77.4 Å². The monoisotopic (exact) mass is 428 g/mol. The zero-order chi connectivity index (χ0) is 21.1. The first-order valence-electron chi connectivity index (χ1n) is 10.0. The van der Waals surface area contributed by atoms with Crippen LogP contribution in [0.5, 0.6) is 0 Å². The lowest BCUT2D eigenvalue weighted by Gasteiger charge is -2.31. The normalized spacial score (nSPS) is 16.1. The Labute approximate surface area is 176 Å². The molecule has 0 aliphatic carbocycles. The highest BCUT2D eigenvalue weighted by Gasteiger charge is 2.22. The van der Waals surface area contributed by atoms with Crippen LogP contribution in [0.1, 0.15) is 35.6 Å². The van der Waals surface area contributed by atoms with E-state index < -0.39 is 9.84 Å². The summed E-state index contributed by atoms with van der Waals surface area (Å²) in [6.07, 6.45) is 4.92. The zero-order valence-corrected chi connectivity index (χ0v) is 17.7. The molecule has 0 saturated carbocycles. The number of aromatic nitrogens is 3. The molecule has 0 bridgehead atoms. The molecule has 8 heteroatoms. The number of hydrogen-bond acceptors (Lipinski definition) is 5. The molecule has 0 radical (unpaired) electrons. The highest BCUT2D eigenvalue weighted by molar-refractivity contribution is 7.89. The van der Waals surface area contributed by atoms with Gasteiger partial charge in [-0.05, 0) is 67.2 Å². The van der Waals surface area contributed by atoms with Gasteiger partial charge in [0.05, 0.1) is 23.3 Å². The lowest BCUT2D eigenvalue weighted by molar-refractivity contribution is 0.202. The predicted molar refractivity (Wildman–Crippen MR) is 114 cm³/mol. The number of halogens is 1. The maximum absolute atomic E-state index is 14.0. The van der Waals surface area contributed by atoms with Crippen molar-refractivity contribution >= 4 is 9.84 Å². The van der Waals surface area contributed by atoms with E-state index in [4.69, 9.17) is 0 Å². The van der Waals surface area contributed by atoms with Crippen LogP contribution in [0.25, 0.3) is 5.69 Å². The number of likely N-dealkylation sites (tertiary alicyclic amines) is 1. The Hall–Kier alpha value is -2.58. The summed E-state index contributed by atoms with van der Waals surface area (Å²) in [5, 5.41) is 8.50. The minimum absolute atomic E-state index is 0.131. The molecule has 1 aliphatic heterocycles. The van der Waals surface area contributed by atoms with E-state index >= 15 is 0 Å². The number of benzene rings is 2. The van der Waals surface area contributed by atoms with E-state index in [0.29, 0.717) is 5.56 Å². The molecular formula is C22H25FN4O2S. The highest BCUT2D eigenvalue weighted by atomic mass is 32.2. The van der Waals surface area contributed by atoms with Gasteiger partial charge >= 0.3 is 0 Å². The molecule has 0 N–H and O–H groups in total. The molecule has 2 heterocycles. The van der Waals surface area contributed by atoms with Crippen LogP contribution in [0, 0.1) is 5.82 Å². The fraction of sp³-hybridized carbons (Fsp3) is 0.364. The largest absolute Gasteiger partial charge is 0.297 e. The van der Waals surface area contributed by atoms with Gasteiger partial charge in [0, 0.05) is 12.8 Å². The third kappa shape index (κ3) is 5.31. The van der Waals surface area contributed by atoms with Gasteiger partial charge in [0.15, 0.2) is 9.84 Å². The van der Waals surface area contributed by atoms with Gasteiger partial charge in [-0.15, -0.1) is 5.10 Å². The van der Waals surface area contributed by atoms with Crippen LogP contribution in [-0.4, -0.2) is 47.7 Å². The second-order valence-corrected chi connectivity index (χ2v) is 10.1. The second-order valence-electron chi connectivity index (χ2n) is 8.00. The van der Waals surface area contributed by atoms with Gasteiger partial charge in [0.1, 0.15) is 5.82 Å². The van der Waals surface area contributed by atoms with Crippen molar-refractivity contribution in [2.75, 3.05) is 19.3 Å². The van der Waals surface area contributed by atoms with Gasteiger partial charge < -0.3 is 0 Å². The molecule has 0 spiro atoms. The highest BCUT2D eigenvalue weighted by Crippen LogP contribution is 2.30. The zero-order valence-electron chi connectivity index (χ0n) is 16.9. The molecule has 3 aromatic rings. The Kier molecular flexibility index (Phi) is 5.97. The summed E-state index contributed by atoms with van der Waals surface area (Å²) in [6, 6.07) is 14.6. The van der Waals surface area contributed by atoms with Crippen molar-refractivity contribution in [2.24, 2.45) is 0 Å². The van der Waals surface area contributed by atoms with Gasteiger partial charge in [0.2, 0.25) is 0 Å². The molecule has 0 unspecified atom stereocenters. The average Bonchev–Trinajstić information content (AvgIpc) is 3.16. The molecule has 2 aromatic carbocycles. The molecule has 0 atom stereocenters. The molecule has 1 saturated heterocycles. The van der Waals surface area contributed by atoms with Crippen LogP contribution in [-0.2, 0) is 22.1 Å².